The Hall–Kier alpha value is -3.65. The van der Waals surface area contributed by atoms with Crippen LogP contribution in [0.5, 0.6) is 0 Å². The van der Waals surface area contributed by atoms with Gasteiger partial charge >= 0.3 is 0 Å². The van der Waals surface area contributed by atoms with Gasteiger partial charge in [-0.25, -0.2) is 0 Å². The summed E-state index contributed by atoms with van der Waals surface area (Å²) < 4.78 is 2.59. The van der Waals surface area contributed by atoms with Crippen molar-refractivity contribution in [2.24, 2.45) is 0 Å². The molecule has 0 fully saturated rings. The van der Waals surface area contributed by atoms with Crippen molar-refractivity contribution < 1.29 is 4.58 Å². The number of allylic oxidation sites excluding steroid dienone is 4. The fraction of sp³-hybridized carbons (Fsp3) is 0.286. The predicted molar refractivity (Wildman–Crippen MR) is 159 cm³/mol. The van der Waals surface area contributed by atoms with E-state index < -0.39 is 0 Å². The Morgan fingerprint density at radius 2 is 1.46 bits per heavy atom. The van der Waals surface area contributed by atoms with Gasteiger partial charge in [-0.1, -0.05) is 93.9 Å². The fourth-order valence-electron chi connectivity index (χ4n) is 6.46. The van der Waals surface area contributed by atoms with Gasteiger partial charge in [0.2, 0.25) is 5.69 Å². The van der Waals surface area contributed by atoms with Gasteiger partial charge in [-0.05, 0) is 53.8 Å². The number of nitrogens with zero attached hydrogens (tertiary/aromatic N) is 1. The SMILES string of the molecule is CCCC[N+]1=C(/C=C/C=C2\Nc3ccc4ccccc4c3C2(C)C)C(C)(C)c2ccc3ccccc3c21. The smallest absolute Gasteiger partial charge is 0.217 e. The molecule has 4 aromatic rings. The van der Waals surface area contributed by atoms with Gasteiger partial charge in [0.25, 0.3) is 0 Å². The van der Waals surface area contributed by atoms with Crippen LogP contribution >= 0.6 is 0 Å². The van der Waals surface area contributed by atoms with E-state index in [9.17, 15) is 0 Å². The second-order valence-electron chi connectivity index (χ2n) is 11.6. The van der Waals surface area contributed by atoms with E-state index in [4.69, 9.17) is 0 Å². The van der Waals surface area contributed by atoms with Gasteiger partial charge in [-0.15, -0.1) is 0 Å². The Balaban J connectivity index is 1.43. The lowest BCUT2D eigenvalue weighted by molar-refractivity contribution is -0.436. The third-order valence-electron chi connectivity index (χ3n) is 8.52. The average molecular weight is 486 g/mol. The van der Waals surface area contributed by atoms with Crippen molar-refractivity contribution in [1.82, 2.24) is 0 Å². The van der Waals surface area contributed by atoms with Crippen molar-refractivity contribution in [1.29, 1.82) is 0 Å². The summed E-state index contributed by atoms with van der Waals surface area (Å²) >= 11 is 0. The number of hydrogen-bond donors (Lipinski definition) is 1. The molecule has 0 amide bonds. The van der Waals surface area contributed by atoms with Gasteiger partial charge in [0.15, 0.2) is 5.71 Å². The molecule has 0 saturated heterocycles. The number of hydrogen-bond acceptors (Lipinski definition) is 1. The number of anilines is 1. The molecule has 0 atom stereocenters. The van der Waals surface area contributed by atoms with E-state index in [1.165, 1.54) is 68.3 Å². The minimum Gasteiger partial charge on any atom is -0.358 e. The Morgan fingerprint density at radius 3 is 2.22 bits per heavy atom. The first-order chi connectivity index (χ1) is 17.8. The normalized spacial score (nSPS) is 18.7. The van der Waals surface area contributed by atoms with Crippen LogP contribution in [0.1, 0.15) is 58.6 Å². The summed E-state index contributed by atoms with van der Waals surface area (Å²) in [5, 5.41) is 9.04. The molecule has 2 aliphatic rings. The Labute approximate surface area is 221 Å². The van der Waals surface area contributed by atoms with Gasteiger partial charge in [0.1, 0.15) is 6.54 Å². The van der Waals surface area contributed by atoms with Crippen LogP contribution in [0.15, 0.2) is 96.7 Å². The van der Waals surface area contributed by atoms with E-state index in [1.807, 2.05) is 0 Å². The number of rotatable bonds is 5. The molecule has 0 radical (unpaired) electrons. The maximum absolute atomic E-state index is 3.74. The molecule has 186 valence electrons. The van der Waals surface area contributed by atoms with Crippen molar-refractivity contribution in [3.05, 3.63) is 108 Å². The van der Waals surface area contributed by atoms with Crippen LogP contribution in [0.3, 0.4) is 0 Å². The van der Waals surface area contributed by atoms with Crippen LogP contribution in [0.4, 0.5) is 11.4 Å². The summed E-state index contributed by atoms with van der Waals surface area (Å²) in [6, 6.07) is 26.6. The van der Waals surface area contributed by atoms with Gasteiger partial charge in [-0.2, -0.15) is 4.58 Å². The van der Waals surface area contributed by atoms with Crippen molar-refractivity contribution in [2.45, 2.75) is 58.3 Å². The molecular formula is C35H37N2+. The van der Waals surface area contributed by atoms with Crippen molar-refractivity contribution >= 4 is 38.6 Å². The zero-order valence-corrected chi connectivity index (χ0v) is 22.7. The maximum Gasteiger partial charge on any atom is 0.217 e. The highest BCUT2D eigenvalue weighted by Crippen LogP contribution is 2.47. The summed E-state index contributed by atoms with van der Waals surface area (Å²) in [6.45, 7) is 12.7. The quantitative estimate of drug-likeness (QED) is 0.279. The standard InChI is InChI=1S/C35H36N2/c1-6-7-23-37-31(34(2,3)28-21-19-25-14-9-11-16-27(25)33(28)37)18-12-17-30-35(4,5)32-26-15-10-8-13-24(26)20-22-29(32)36-30/h8-22H,6-7,23H2,1-5H3/p+1. The van der Waals surface area contributed by atoms with Gasteiger partial charge < -0.3 is 5.32 Å². The Kier molecular flexibility index (Phi) is 5.60. The molecule has 6 rings (SSSR count). The molecule has 4 aromatic carbocycles. The van der Waals surface area contributed by atoms with E-state index in [1.54, 1.807) is 0 Å². The van der Waals surface area contributed by atoms with Crippen LogP contribution < -0.4 is 5.32 Å². The molecule has 0 aliphatic carbocycles. The van der Waals surface area contributed by atoms with Crippen LogP contribution in [-0.4, -0.2) is 16.8 Å². The van der Waals surface area contributed by atoms with E-state index in [2.05, 4.69) is 136 Å². The zero-order chi connectivity index (χ0) is 25.8. The third kappa shape index (κ3) is 3.65. The molecule has 2 nitrogen and oxygen atoms in total. The third-order valence-corrected chi connectivity index (χ3v) is 8.52. The first-order valence-electron chi connectivity index (χ1n) is 13.7. The molecule has 1 N–H and O–H groups in total. The number of benzene rings is 4. The average Bonchev–Trinajstić information content (AvgIpc) is 3.29. The first-order valence-corrected chi connectivity index (χ1v) is 13.7. The highest BCUT2D eigenvalue weighted by Gasteiger charge is 2.45. The molecular weight excluding hydrogens is 448 g/mol. The first kappa shape index (κ1) is 23.7. The monoisotopic (exact) mass is 485 g/mol. The lowest BCUT2D eigenvalue weighted by atomic mass is 9.80. The van der Waals surface area contributed by atoms with Gasteiger partial charge in [0.05, 0.1) is 10.8 Å². The lowest BCUT2D eigenvalue weighted by Gasteiger charge is -2.21. The molecule has 2 aliphatic heterocycles. The second-order valence-corrected chi connectivity index (χ2v) is 11.6. The summed E-state index contributed by atoms with van der Waals surface area (Å²) in [7, 11) is 0. The minimum atomic E-state index is -0.0859. The number of unbranched alkanes of at least 4 members (excludes halogenated alkanes) is 1. The summed E-state index contributed by atoms with van der Waals surface area (Å²) in [4.78, 5) is 0. The van der Waals surface area contributed by atoms with Crippen molar-refractivity contribution in [2.75, 3.05) is 11.9 Å². The van der Waals surface area contributed by atoms with Crippen molar-refractivity contribution in [3.8, 4) is 0 Å². The molecule has 0 bridgehead atoms. The molecule has 0 unspecified atom stereocenters. The highest BCUT2D eigenvalue weighted by molar-refractivity contribution is 6.07. The topological polar surface area (TPSA) is 15.0 Å². The lowest BCUT2D eigenvalue weighted by Crippen LogP contribution is -2.28. The van der Waals surface area contributed by atoms with E-state index in [0.717, 1.165) is 6.54 Å². The van der Waals surface area contributed by atoms with E-state index in [0.29, 0.717) is 0 Å². The second kappa shape index (κ2) is 8.73. The van der Waals surface area contributed by atoms with Crippen LogP contribution in [-0.2, 0) is 10.8 Å². The highest BCUT2D eigenvalue weighted by atomic mass is 15.1. The Bertz CT molecular complexity index is 1630. The maximum atomic E-state index is 3.74. The molecule has 0 spiro atoms. The fourth-order valence-corrected chi connectivity index (χ4v) is 6.46. The molecule has 2 heteroatoms. The molecule has 2 heterocycles. The van der Waals surface area contributed by atoms with E-state index in [-0.39, 0.29) is 10.8 Å². The molecule has 0 aromatic heterocycles. The van der Waals surface area contributed by atoms with Gasteiger partial charge in [-0.3, -0.25) is 0 Å². The zero-order valence-electron chi connectivity index (χ0n) is 22.7. The largest absolute Gasteiger partial charge is 0.358 e. The number of fused-ring (bicyclic) bond motifs is 6. The predicted octanol–water partition coefficient (Wildman–Crippen LogP) is 9.01. The van der Waals surface area contributed by atoms with Crippen molar-refractivity contribution in [3.63, 3.8) is 0 Å². The summed E-state index contributed by atoms with van der Waals surface area (Å²) in [5.74, 6) is 0. The van der Waals surface area contributed by atoms with Crippen LogP contribution in [0.25, 0.3) is 21.5 Å². The van der Waals surface area contributed by atoms with Crippen LogP contribution in [0.2, 0.25) is 0 Å². The van der Waals surface area contributed by atoms with Gasteiger partial charge in [0, 0.05) is 34.9 Å². The summed E-state index contributed by atoms with van der Waals surface area (Å²) in [6.07, 6.45) is 9.27. The molecule has 0 saturated carbocycles. The Morgan fingerprint density at radius 1 is 0.784 bits per heavy atom. The number of nitrogens with one attached hydrogen (secondary N) is 1. The minimum absolute atomic E-state index is 0.0557. The van der Waals surface area contributed by atoms with Crippen LogP contribution in [0, 0.1) is 0 Å². The summed E-state index contributed by atoms with van der Waals surface area (Å²) in [5.41, 5.74) is 7.91. The van der Waals surface area contributed by atoms with E-state index >= 15 is 0 Å². The molecule has 37 heavy (non-hydrogen) atoms.